The number of nitrogens with zero attached hydrogens (tertiary/aromatic N) is 1. The van der Waals surface area contributed by atoms with Crippen molar-refractivity contribution in [1.82, 2.24) is 5.32 Å². The first-order valence-corrected chi connectivity index (χ1v) is 7.17. The molecule has 3 nitrogen and oxygen atoms in total. The van der Waals surface area contributed by atoms with Gasteiger partial charge in [0.25, 0.3) is 0 Å². The molecule has 0 fully saturated rings. The summed E-state index contributed by atoms with van der Waals surface area (Å²) in [6.45, 7) is 5.83. The highest BCUT2D eigenvalue weighted by Gasteiger charge is 2.09. The Morgan fingerprint density at radius 1 is 1.20 bits per heavy atom. The van der Waals surface area contributed by atoms with Crippen LogP contribution in [0.5, 0.6) is 0 Å². The maximum absolute atomic E-state index is 5.89. The predicted octanol–water partition coefficient (Wildman–Crippen LogP) is 3.51. The second-order valence-corrected chi connectivity index (χ2v) is 5.23. The predicted molar refractivity (Wildman–Crippen MR) is 84.1 cm³/mol. The van der Waals surface area contributed by atoms with Gasteiger partial charge in [0.05, 0.1) is 13.1 Å². The molecule has 0 saturated carbocycles. The van der Waals surface area contributed by atoms with Crippen LogP contribution in [0.1, 0.15) is 29.6 Å². The maximum atomic E-state index is 5.89. The molecule has 1 aromatic heterocycles. The van der Waals surface area contributed by atoms with E-state index in [9.17, 15) is 0 Å². The largest absolute Gasteiger partial charge is 0.463 e. The van der Waals surface area contributed by atoms with E-state index in [4.69, 9.17) is 4.42 Å². The fourth-order valence-corrected chi connectivity index (χ4v) is 2.32. The Hall–Kier alpha value is -1.74. The van der Waals surface area contributed by atoms with Crippen LogP contribution in [0.25, 0.3) is 0 Å². The van der Waals surface area contributed by atoms with Crippen LogP contribution in [0.4, 0.5) is 5.69 Å². The summed E-state index contributed by atoms with van der Waals surface area (Å²) in [5.74, 6) is 2.03. The molecule has 0 radical (unpaired) electrons. The van der Waals surface area contributed by atoms with Gasteiger partial charge in [-0.25, -0.2) is 0 Å². The molecule has 2 rings (SSSR count). The summed E-state index contributed by atoms with van der Waals surface area (Å²) < 4.78 is 5.89. The third-order valence-electron chi connectivity index (χ3n) is 3.59. The molecular formula is C17H24N2O. The number of rotatable bonds is 6. The first-order valence-electron chi connectivity index (χ1n) is 7.17. The highest BCUT2D eigenvalue weighted by molar-refractivity contribution is 5.47. The number of hydrogen-bond acceptors (Lipinski definition) is 3. The summed E-state index contributed by atoms with van der Waals surface area (Å²) in [6.07, 6.45) is 1.08. The van der Waals surface area contributed by atoms with E-state index in [0.29, 0.717) is 0 Å². The summed E-state index contributed by atoms with van der Waals surface area (Å²) >= 11 is 0. The van der Waals surface area contributed by atoms with E-state index >= 15 is 0 Å². The number of hydrogen-bond donors (Lipinski definition) is 1. The third-order valence-corrected chi connectivity index (χ3v) is 3.59. The molecule has 0 aliphatic heterocycles. The van der Waals surface area contributed by atoms with Crippen molar-refractivity contribution in [3.8, 4) is 0 Å². The lowest BCUT2D eigenvalue weighted by molar-refractivity contribution is 0.451. The van der Waals surface area contributed by atoms with E-state index in [1.807, 2.05) is 7.05 Å². The van der Waals surface area contributed by atoms with Crippen LogP contribution in [-0.2, 0) is 19.5 Å². The fraction of sp³-hybridized carbons (Fsp3) is 0.412. The molecule has 0 aliphatic carbocycles. The summed E-state index contributed by atoms with van der Waals surface area (Å²) in [5, 5.41) is 3.13. The van der Waals surface area contributed by atoms with Crippen molar-refractivity contribution in [3.05, 3.63) is 53.0 Å². The van der Waals surface area contributed by atoms with Crippen molar-refractivity contribution >= 4 is 5.69 Å². The lowest BCUT2D eigenvalue weighted by atomic mass is 10.1. The molecule has 0 unspecified atom stereocenters. The number of nitrogens with one attached hydrogen (secondary N) is 1. The molecule has 2 aromatic rings. The molecule has 0 saturated heterocycles. The Balaban J connectivity index is 2.06. The van der Waals surface area contributed by atoms with E-state index in [-0.39, 0.29) is 0 Å². The minimum atomic E-state index is 0.779. The Morgan fingerprint density at radius 3 is 2.50 bits per heavy atom. The van der Waals surface area contributed by atoms with Gasteiger partial charge in [0.1, 0.15) is 11.5 Å². The van der Waals surface area contributed by atoms with E-state index in [0.717, 1.165) is 31.0 Å². The summed E-state index contributed by atoms with van der Waals surface area (Å²) in [5.41, 5.74) is 3.79. The van der Waals surface area contributed by atoms with Crippen molar-refractivity contribution in [2.75, 3.05) is 19.0 Å². The number of benzene rings is 1. The Labute approximate surface area is 121 Å². The lowest BCUT2D eigenvalue weighted by Gasteiger charge is -2.18. The molecule has 3 heteroatoms. The second kappa shape index (κ2) is 6.62. The van der Waals surface area contributed by atoms with Crippen LogP contribution >= 0.6 is 0 Å². The molecule has 108 valence electrons. The lowest BCUT2D eigenvalue weighted by Crippen LogP contribution is -2.15. The van der Waals surface area contributed by atoms with Crippen LogP contribution in [0, 0.1) is 6.92 Å². The van der Waals surface area contributed by atoms with Gasteiger partial charge in [0.15, 0.2) is 0 Å². The van der Waals surface area contributed by atoms with Crippen molar-refractivity contribution in [3.63, 3.8) is 0 Å². The Kier molecular flexibility index (Phi) is 4.85. The summed E-state index contributed by atoms with van der Waals surface area (Å²) in [7, 11) is 4.03. The van der Waals surface area contributed by atoms with Crippen LogP contribution in [-0.4, -0.2) is 14.1 Å². The summed E-state index contributed by atoms with van der Waals surface area (Å²) in [4.78, 5) is 2.21. The fourth-order valence-electron chi connectivity index (χ4n) is 2.32. The minimum Gasteiger partial charge on any atom is -0.463 e. The van der Waals surface area contributed by atoms with Gasteiger partial charge in [-0.3, -0.25) is 0 Å². The topological polar surface area (TPSA) is 28.4 Å². The van der Waals surface area contributed by atoms with Gasteiger partial charge in [-0.2, -0.15) is 0 Å². The maximum Gasteiger partial charge on any atom is 0.123 e. The Morgan fingerprint density at radius 2 is 1.90 bits per heavy atom. The number of anilines is 1. The highest BCUT2D eigenvalue weighted by Crippen LogP contribution is 2.20. The van der Waals surface area contributed by atoms with E-state index in [1.54, 1.807) is 0 Å². The molecular weight excluding hydrogens is 248 g/mol. The minimum absolute atomic E-state index is 0.779. The zero-order valence-corrected chi connectivity index (χ0v) is 12.9. The van der Waals surface area contributed by atoms with Gasteiger partial charge in [-0.1, -0.05) is 19.1 Å². The molecule has 0 aliphatic rings. The molecule has 20 heavy (non-hydrogen) atoms. The molecule has 0 bridgehead atoms. The first-order chi connectivity index (χ1) is 9.63. The number of furan rings is 1. The van der Waals surface area contributed by atoms with Gasteiger partial charge < -0.3 is 14.6 Å². The van der Waals surface area contributed by atoms with Gasteiger partial charge >= 0.3 is 0 Å². The second-order valence-electron chi connectivity index (χ2n) is 5.23. The Bertz CT molecular complexity index is 543. The molecule has 1 heterocycles. The van der Waals surface area contributed by atoms with Crippen molar-refractivity contribution < 1.29 is 4.42 Å². The average Bonchev–Trinajstić information content (AvgIpc) is 2.79. The molecule has 0 spiro atoms. The van der Waals surface area contributed by atoms with Crippen LogP contribution in [0.3, 0.4) is 0 Å². The van der Waals surface area contributed by atoms with Gasteiger partial charge in [0, 0.05) is 12.7 Å². The van der Waals surface area contributed by atoms with Gasteiger partial charge in [-0.15, -0.1) is 0 Å². The molecule has 1 aromatic carbocycles. The molecule has 0 atom stereocenters. The van der Waals surface area contributed by atoms with Crippen molar-refractivity contribution in [2.45, 2.75) is 33.4 Å². The zero-order chi connectivity index (χ0) is 14.5. The molecule has 0 amide bonds. The SMILES string of the molecule is CCc1ccc(N(C)Cc2cc(C)c(CNC)o2)cc1. The molecule has 1 N–H and O–H groups in total. The van der Waals surface area contributed by atoms with E-state index in [1.165, 1.54) is 16.8 Å². The highest BCUT2D eigenvalue weighted by atomic mass is 16.3. The average molecular weight is 272 g/mol. The monoisotopic (exact) mass is 272 g/mol. The number of aryl methyl sites for hydroxylation is 2. The van der Waals surface area contributed by atoms with E-state index in [2.05, 4.69) is 61.4 Å². The van der Waals surface area contributed by atoms with Crippen LogP contribution < -0.4 is 10.2 Å². The van der Waals surface area contributed by atoms with Crippen molar-refractivity contribution in [2.24, 2.45) is 0 Å². The first kappa shape index (κ1) is 14.7. The standard InChI is InChI=1S/C17H24N2O/c1-5-14-6-8-15(9-7-14)19(4)12-16-10-13(2)17(20-16)11-18-3/h6-10,18H,5,11-12H2,1-4H3. The van der Waals surface area contributed by atoms with Gasteiger partial charge in [-0.05, 0) is 49.7 Å². The van der Waals surface area contributed by atoms with E-state index < -0.39 is 0 Å². The van der Waals surface area contributed by atoms with Crippen LogP contribution in [0.15, 0.2) is 34.7 Å². The smallest absolute Gasteiger partial charge is 0.123 e. The van der Waals surface area contributed by atoms with Gasteiger partial charge in [0.2, 0.25) is 0 Å². The van der Waals surface area contributed by atoms with Crippen LogP contribution in [0.2, 0.25) is 0 Å². The third kappa shape index (κ3) is 3.42. The quantitative estimate of drug-likeness (QED) is 0.872. The normalized spacial score (nSPS) is 10.8. The van der Waals surface area contributed by atoms with Crippen molar-refractivity contribution in [1.29, 1.82) is 0 Å². The summed E-state index contributed by atoms with van der Waals surface area (Å²) in [6, 6.07) is 10.8. The zero-order valence-electron chi connectivity index (χ0n) is 12.9.